The Kier molecular flexibility index (Phi) is 10.1. The second kappa shape index (κ2) is 14.3. The van der Waals surface area contributed by atoms with E-state index in [2.05, 4.69) is 34.5 Å². The summed E-state index contributed by atoms with van der Waals surface area (Å²) in [5.41, 5.74) is 1.56. The molecule has 1 N–H and O–H groups in total. The largest absolute Gasteiger partial charge is 0.475 e. The normalized spacial score (nSPS) is 18.5. The summed E-state index contributed by atoms with van der Waals surface area (Å²) >= 11 is 0. The van der Waals surface area contributed by atoms with Crippen LogP contribution >= 0.6 is 0 Å². The van der Waals surface area contributed by atoms with Crippen molar-refractivity contribution in [1.29, 1.82) is 0 Å². The molecule has 3 aromatic rings. The van der Waals surface area contributed by atoms with Gasteiger partial charge in [0.2, 0.25) is 5.91 Å². The number of hydrogen-bond donors (Lipinski definition) is 1. The highest BCUT2D eigenvalue weighted by atomic mass is 19.1. The lowest BCUT2D eigenvalue weighted by molar-refractivity contribution is -0.147. The molecule has 3 amide bonds. The third-order valence-electron chi connectivity index (χ3n) is 9.56. The molecule has 268 valence electrons. The van der Waals surface area contributed by atoms with Crippen LogP contribution in [0.25, 0.3) is 11.1 Å². The van der Waals surface area contributed by atoms with Crippen molar-refractivity contribution in [3.05, 3.63) is 66.2 Å². The first-order chi connectivity index (χ1) is 23.8. The maximum Gasteiger partial charge on any atom is 0.410 e. The molecule has 3 heterocycles. The number of H-pyrrole nitrogens is 1. The predicted molar refractivity (Wildman–Crippen MR) is 188 cm³/mol. The summed E-state index contributed by atoms with van der Waals surface area (Å²) in [5, 5.41) is 6.87. The number of carbonyl (C=O) groups is 3. The van der Waals surface area contributed by atoms with Crippen LogP contribution in [0.5, 0.6) is 5.75 Å². The van der Waals surface area contributed by atoms with Crippen LogP contribution < -0.4 is 9.64 Å². The van der Waals surface area contributed by atoms with Crippen LogP contribution in [0.15, 0.2) is 54.9 Å². The van der Waals surface area contributed by atoms with Gasteiger partial charge in [-0.25, -0.2) is 9.18 Å². The minimum atomic E-state index is -1.35. The third kappa shape index (κ3) is 8.22. The quantitative estimate of drug-likeness (QED) is 0.300. The lowest BCUT2D eigenvalue weighted by atomic mass is 9.95. The van der Waals surface area contributed by atoms with Crippen LogP contribution in [0, 0.1) is 11.7 Å². The monoisotopic (exact) mass is 688 g/mol. The van der Waals surface area contributed by atoms with E-state index in [0.717, 1.165) is 42.4 Å². The summed E-state index contributed by atoms with van der Waals surface area (Å²) in [4.78, 5) is 47.2. The van der Waals surface area contributed by atoms with Gasteiger partial charge in [0.15, 0.2) is 17.2 Å². The van der Waals surface area contributed by atoms with Gasteiger partial charge in [-0.2, -0.15) is 5.10 Å². The number of ether oxygens (including phenoxy) is 2. The Balaban J connectivity index is 1.08. The second-order valence-corrected chi connectivity index (χ2v) is 15.1. The number of anilines is 1. The molecule has 11 nitrogen and oxygen atoms in total. The first-order valence-electron chi connectivity index (χ1n) is 17.7. The van der Waals surface area contributed by atoms with Gasteiger partial charge in [-0.15, -0.1) is 0 Å². The fourth-order valence-corrected chi connectivity index (χ4v) is 6.75. The van der Waals surface area contributed by atoms with Crippen LogP contribution in [0.2, 0.25) is 0 Å². The summed E-state index contributed by atoms with van der Waals surface area (Å²) < 4.78 is 27.7. The van der Waals surface area contributed by atoms with Gasteiger partial charge in [0.1, 0.15) is 5.60 Å². The number of nitrogens with zero attached hydrogens (tertiary/aromatic N) is 5. The first-order valence-corrected chi connectivity index (χ1v) is 17.7. The zero-order valence-corrected chi connectivity index (χ0v) is 29.8. The van der Waals surface area contributed by atoms with Crippen LogP contribution in [-0.4, -0.2) is 99.3 Å². The van der Waals surface area contributed by atoms with Crippen molar-refractivity contribution in [2.75, 3.05) is 44.2 Å². The van der Waals surface area contributed by atoms with E-state index in [4.69, 9.17) is 9.47 Å². The molecular formula is C38H49FN6O5. The average molecular weight is 689 g/mol. The SMILES string of the molecule is CC(C)(C)OC(=O)N1CCN(C(=O)C(C)(C)Oc2cccc(N3CCC[C@@H](C(=O)N(Cc4ccc(-c5cn[nH]c5)cc4)C4CC4)C3)c2F)CC1. The van der Waals surface area contributed by atoms with E-state index in [-0.39, 0.29) is 29.5 Å². The average Bonchev–Trinajstić information content (AvgIpc) is 3.79. The Morgan fingerprint density at radius 2 is 1.62 bits per heavy atom. The highest BCUT2D eigenvalue weighted by Crippen LogP contribution is 2.36. The maximum absolute atomic E-state index is 16.2. The Morgan fingerprint density at radius 1 is 0.920 bits per heavy atom. The number of rotatable bonds is 9. The molecule has 0 radical (unpaired) electrons. The zero-order valence-electron chi connectivity index (χ0n) is 29.8. The van der Waals surface area contributed by atoms with Gasteiger partial charge in [0.05, 0.1) is 17.8 Å². The number of amides is 3. The molecule has 1 aromatic heterocycles. The van der Waals surface area contributed by atoms with Crippen molar-refractivity contribution < 1.29 is 28.2 Å². The lowest BCUT2D eigenvalue weighted by Gasteiger charge is -2.39. The number of piperidine rings is 1. The molecule has 50 heavy (non-hydrogen) atoms. The van der Waals surface area contributed by atoms with Crippen molar-refractivity contribution in [1.82, 2.24) is 24.9 Å². The molecule has 1 saturated carbocycles. The number of halogens is 1. The fourth-order valence-electron chi connectivity index (χ4n) is 6.75. The molecule has 3 aliphatic rings. The smallest absolute Gasteiger partial charge is 0.410 e. The van der Waals surface area contributed by atoms with E-state index < -0.39 is 23.1 Å². The minimum absolute atomic E-state index is 0.0137. The molecule has 3 fully saturated rings. The van der Waals surface area contributed by atoms with Crippen molar-refractivity contribution in [3.8, 4) is 16.9 Å². The Morgan fingerprint density at radius 3 is 2.26 bits per heavy atom. The predicted octanol–water partition coefficient (Wildman–Crippen LogP) is 5.86. The van der Waals surface area contributed by atoms with E-state index >= 15 is 4.39 Å². The highest BCUT2D eigenvalue weighted by molar-refractivity contribution is 5.85. The molecule has 12 heteroatoms. The van der Waals surface area contributed by atoms with E-state index in [1.807, 2.05) is 36.8 Å². The van der Waals surface area contributed by atoms with Gasteiger partial charge < -0.3 is 29.1 Å². The van der Waals surface area contributed by atoms with Crippen molar-refractivity contribution in [2.24, 2.45) is 5.92 Å². The number of aromatic nitrogens is 2. The highest BCUT2D eigenvalue weighted by Gasteiger charge is 2.40. The number of carbonyl (C=O) groups excluding carboxylic acids is 3. The van der Waals surface area contributed by atoms with E-state index in [9.17, 15) is 14.4 Å². The summed E-state index contributed by atoms with van der Waals surface area (Å²) in [5.74, 6) is -0.988. The number of piperazine rings is 1. The Hall–Kier alpha value is -4.61. The molecular weight excluding hydrogens is 639 g/mol. The van der Waals surface area contributed by atoms with Gasteiger partial charge >= 0.3 is 6.09 Å². The number of benzene rings is 2. The molecule has 2 saturated heterocycles. The molecule has 1 atom stereocenters. The van der Waals surface area contributed by atoms with Crippen LogP contribution in [0.4, 0.5) is 14.9 Å². The molecule has 0 bridgehead atoms. The van der Waals surface area contributed by atoms with Gasteiger partial charge in [0, 0.05) is 63.6 Å². The second-order valence-electron chi connectivity index (χ2n) is 15.1. The first kappa shape index (κ1) is 35.2. The minimum Gasteiger partial charge on any atom is -0.475 e. The van der Waals surface area contributed by atoms with Gasteiger partial charge in [0.25, 0.3) is 5.91 Å². The van der Waals surface area contributed by atoms with Crippen LogP contribution in [0.1, 0.15) is 65.9 Å². The molecule has 0 spiro atoms. The molecule has 2 aromatic carbocycles. The number of hydrogen-bond acceptors (Lipinski definition) is 7. The summed E-state index contributed by atoms with van der Waals surface area (Å²) in [7, 11) is 0. The van der Waals surface area contributed by atoms with Gasteiger partial charge in [-0.05, 0) is 83.6 Å². The molecule has 0 unspecified atom stereocenters. The third-order valence-corrected chi connectivity index (χ3v) is 9.56. The molecule has 2 aliphatic heterocycles. The van der Waals surface area contributed by atoms with E-state index in [1.165, 1.54) is 6.07 Å². The van der Waals surface area contributed by atoms with E-state index in [1.54, 1.807) is 42.0 Å². The fraction of sp³-hybridized carbons (Fsp3) is 0.526. The molecule has 1 aliphatic carbocycles. The van der Waals surface area contributed by atoms with Crippen LogP contribution in [0.3, 0.4) is 0 Å². The zero-order chi connectivity index (χ0) is 35.6. The van der Waals surface area contributed by atoms with Gasteiger partial charge in [-0.1, -0.05) is 30.3 Å². The van der Waals surface area contributed by atoms with Gasteiger partial charge in [-0.3, -0.25) is 14.7 Å². The number of nitrogens with one attached hydrogen (secondary N) is 1. The van der Waals surface area contributed by atoms with Crippen molar-refractivity contribution in [2.45, 2.75) is 84.1 Å². The Bertz CT molecular complexity index is 1660. The summed E-state index contributed by atoms with van der Waals surface area (Å²) in [6, 6.07) is 13.4. The van der Waals surface area contributed by atoms with Crippen molar-refractivity contribution >= 4 is 23.6 Å². The van der Waals surface area contributed by atoms with E-state index in [0.29, 0.717) is 51.5 Å². The van der Waals surface area contributed by atoms with Crippen LogP contribution in [-0.2, 0) is 20.9 Å². The summed E-state index contributed by atoms with van der Waals surface area (Å²) in [6.45, 7) is 11.6. The lowest BCUT2D eigenvalue weighted by Crippen LogP contribution is -2.57. The number of aromatic amines is 1. The maximum atomic E-state index is 16.2. The Labute approximate surface area is 293 Å². The van der Waals surface area contributed by atoms with Crippen molar-refractivity contribution in [3.63, 3.8) is 0 Å². The topological polar surface area (TPSA) is 111 Å². The molecule has 6 rings (SSSR count). The summed E-state index contributed by atoms with van der Waals surface area (Å²) in [6.07, 6.45) is 6.74. The standard InChI is InChI=1S/C38H49FN6O5/c1-37(2,3)50-36(48)43-20-18-42(19-21-43)35(47)38(4,5)49-32-10-6-9-31(33(32)39)44-17-7-8-28(25-44)34(46)45(30-15-16-30)24-26-11-13-27(14-12-26)29-22-40-41-23-29/h6,9-14,22-23,28,30H,7-8,15-21,24-25H2,1-5H3,(H,40,41)/t28-/m1/s1.